The maximum Gasteiger partial charge on any atom is 0.258 e. The molecule has 0 saturated heterocycles. The molecular formula is C12H14BrN3O2. The molecule has 1 unspecified atom stereocenters. The zero-order chi connectivity index (χ0) is 13.1. The second-order valence-corrected chi connectivity index (χ2v) is 4.65. The number of hydrogen-bond acceptors (Lipinski definition) is 5. The van der Waals surface area contributed by atoms with Crippen LogP contribution in [0.5, 0.6) is 0 Å². The van der Waals surface area contributed by atoms with Crippen LogP contribution in [0.2, 0.25) is 0 Å². The molecule has 96 valence electrons. The third kappa shape index (κ3) is 2.70. The smallest absolute Gasteiger partial charge is 0.258 e. The topological polar surface area (TPSA) is 74.2 Å². The molecule has 0 bridgehead atoms. The van der Waals surface area contributed by atoms with Gasteiger partial charge in [0.1, 0.15) is 6.10 Å². The molecule has 6 heteroatoms. The fourth-order valence-corrected chi connectivity index (χ4v) is 1.77. The Morgan fingerprint density at radius 2 is 2.28 bits per heavy atom. The number of hydrogen-bond donors (Lipinski definition) is 1. The molecule has 0 aliphatic carbocycles. The zero-order valence-corrected chi connectivity index (χ0v) is 11.8. The van der Waals surface area contributed by atoms with Gasteiger partial charge in [0.2, 0.25) is 5.82 Å². The van der Waals surface area contributed by atoms with Crippen LogP contribution in [-0.4, -0.2) is 16.7 Å². The van der Waals surface area contributed by atoms with Crippen molar-refractivity contribution < 1.29 is 9.26 Å². The summed E-state index contributed by atoms with van der Waals surface area (Å²) in [6, 6.07) is 5.50. The highest BCUT2D eigenvalue weighted by Crippen LogP contribution is 2.27. The Labute approximate surface area is 113 Å². The fourth-order valence-electron chi connectivity index (χ4n) is 1.52. The van der Waals surface area contributed by atoms with Crippen LogP contribution in [0, 0.1) is 0 Å². The average molecular weight is 312 g/mol. The van der Waals surface area contributed by atoms with E-state index in [-0.39, 0.29) is 6.10 Å². The van der Waals surface area contributed by atoms with Crippen molar-refractivity contribution in [2.24, 2.45) is 0 Å². The molecule has 2 N–H and O–H groups in total. The van der Waals surface area contributed by atoms with Gasteiger partial charge in [0.15, 0.2) is 0 Å². The fraction of sp³-hybridized carbons (Fsp3) is 0.333. The van der Waals surface area contributed by atoms with E-state index in [4.69, 9.17) is 15.0 Å². The van der Waals surface area contributed by atoms with Gasteiger partial charge in [-0.1, -0.05) is 5.16 Å². The van der Waals surface area contributed by atoms with Crippen molar-refractivity contribution in [2.45, 2.75) is 20.0 Å². The first-order chi connectivity index (χ1) is 8.61. The number of aromatic nitrogens is 2. The Morgan fingerprint density at radius 3 is 2.94 bits per heavy atom. The van der Waals surface area contributed by atoms with Crippen LogP contribution >= 0.6 is 15.9 Å². The molecule has 2 aromatic rings. The Bertz CT molecular complexity index is 542. The normalized spacial score (nSPS) is 12.6. The van der Waals surface area contributed by atoms with Gasteiger partial charge in [0.25, 0.3) is 5.89 Å². The number of rotatable bonds is 4. The van der Waals surface area contributed by atoms with E-state index in [2.05, 4.69) is 26.1 Å². The van der Waals surface area contributed by atoms with Crippen molar-refractivity contribution in [3.05, 3.63) is 28.5 Å². The molecule has 1 heterocycles. The van der Waals surface area contributed by atoms with Gasteiger partial charge in [-0.05, 0) is 48.0 Å². The van der Waals surface area contributed by atoms with Crippen LogP contribution in [0.1, 0.15) is 25.8 Å². The Morgan fingerprint density at radius 1 is 1.50 bits per heavy atom. The predicted molar refractivity (Wildman–Crippen MR) is 71.9 cm³/mol. The summed E-state index contributed by atoms with van der Waals surface area (Å²) < 4.78 is 11.4. The lowest BCUT2D eigenvalue weighted by Crippen LogP contribution is -2.01. The lowest BCUT2D eigenvalue weighted by atomic mass is 10.2. The number of nitrogen functional groups attached to an aromatic ring is 1. The Hall–Kier alpha value is -1.40. The maximum atomic E-state index is 5.81. The minimum absolute atomic E-state index is 0.180. The third-order valence-electron chi connectivity index (χ3n) is 2.46. The number of benzene rings is 1. The minimum Gasteiger partial charge on any atom is -0.398 e. The average Bonchev–Trinajstić information content (AvgIpc) is 2.82. The lowest BCUT2D eigenvalue weighted by Gasteiger charge is -2.04. The predicted octanol–water partition coefficient (Wildman–Crippen LogP) is 3.18. The van der Waals surface area contributed by atoms with Gasteiger partial charge in [-0.3, -0.25) is 0 Å². The summed E-state index contributed by atoms with van der Waals surface area (Å²) >= 11 is 3.34. The molecule has 0 aliphatic heterocycles. The lowest BCUT2D eigenvalue weighted by molar-refractivity contribution is 0.0683. The van der Waals surface area contributed by atoms with Crippen molar-refractivity contribution in [3.8, 4) is 11.5 Å². The van der Waals surface area contributed by atoms with Gasteiger partial charge in [-0.15, -0.1) is 0 Å². The molecule has 0 fully saturated rings. The minimum atomic E-state index is -0.180. The molecule has 5 nitrogen and oxygen atoms in total. The first kappa shape index (κ1) is 13.0. The summed E-state index contributed by atoms with van der Waals surface area (Å²) in [6.45, 7) is 4.41. The van der Waals surface area contributed by atoms with Crippen molar-refractivity contribution >= 4 is 21.6 Å². The second-order valence-electron chi connectivity index (χ2n) is 3.79. The van der Waals surface area contributed by atoms with E-state index in [9.17, 15) is 0 Å². The second kappa shape index (κ2) is 5.49. The van der Waals surface area contributed by atoms with E-state index in [0.717, 1.165) is 10.0 Å². The number of halogens is 1. The van der Waals surface area contributed by atoms with E-state index in [1.807, 2.05) is 26.0 Å². The SMILES string of the molecule is CCOC(C)c1noc(-c2ccc(Br)c(N)c2)n1. The molecule has 0 amide bonds. The highest BCUT2D eigenvalue weighted by Gasteiger charge is 2.15. The number of ether oxygens (including phenoxy) is 1. The highest BCUT2D eigenvalue weighted by molar-refractivity contribution is 9.10. The van der Waals surface area contributed by atoms with Crippen molar-refractivity contribution in [1.82, 2.24) is 10.1 Å². The van der Waals surface area contributed by atoms with Gasteiger partial charge in [0.05, 0.1) is 0 Å². The first-order valence-corrected chi connectivity index (χ1v) is 6.41. The van der Waals surface area contributed by atoms with Gasteiger partial charge in [0, 0.05) is 22.3 Å². The van der Waals surface area contributed by atoms with Gasteiger partial charge in [-0.25, -0.2) is 0 Å². The third-order valence-corrected chi connectivity index (χ3v) is 3.19. The summed E-state index contributed by atoms with van der Waals surface area (Å²) in [5.41, 5.74) is 7.23. The molecule has 0 spiro atoms. The van der Waals surface area contributed by atoms with Gasteiger partial charge < -0.3 is 15.0 Å². The molecule has 0 aliphatic rings. The number of nitrogens with zero attached hydrogens (tertiary/aromatic N) is 2. The zero-order valence-electron chi connectivity index (χ0n) is 10.2. The largest absolute Gasteiger partial charge is 0.398 e. The molecule has 18 heavy (non-hydrogen) atoms. The molecule has 2 rings (SSSR count). The van der Waals surface area contributed by atoms with E-state index >= 15 is 0 Å². The first-order valence-electron chi connectivity index (χ1n) is 5.62. The molecule has 1 aromatic heterocycles. The van der Waals surface area contributed by atoms with E-state index in [0.29, 0.717) is 24.0 Å². The van der Waals surface area contributed by atoms with Crippen molar-refractivity contribution in [3.63, 3.8) is 0 Å². The summed E-state index contributed by atoms with van der Waals surface area (Å²) in [5, 5.41) is 3.90. The summed E-state index contributed by atoms with van der Waals surface area (Å²) in [7, 11) is 0. The molecular weight excluding hydrogens is 298 g/mol. The van der Waals surface area contributed by atoms with Crippen LogP contribution < -0.4 is 5.73 Å². The van der Waals surface area contributed by atoms with Crippen LogP contribution in [0.15, 0.2) is 27.2 Å². The van der Waals surface area contributed by atoms with Crippen molar-refractivity contribution in [2.75, 3.05) is 12.3 Å². The van der Waals surface area contributed by atoms with Crippen LogP contribution in [0.4, 0.5) is 5.69 Å². The molecule has 1 aromatic carbocycles. The van der Waals surface area contributed by atoms with Crippen LogP contribution in [0.3, 0.4) is 0 Å². The Balaban J connectivity index is 2.26. The summed E-state index contributed by atoms with van der Waals surface area (Å²) in [6.07, 6.45) is -0.180. The molecule has 0 saturated carbocycles. The standard InChI is InChI=1S/C12H14BrN3O2/c1-3-17-7(2)11-15-12(18-16-11)8-4-5-9(13)10(14)6-8/h4-7H,3,14H2,1-2H3. The van der Waals surface area contributed by atoms with Crippen molar-refractivity contribution in [1.29, 1.82) is 0 Å². The molecule has 1 atom stereocenters. The van der Waals surface area contributed by atoms with E-state index < -0.39 is 0 Å². The Kier molecular flexibility index (Phi) is 3.98. The summed E-state index contributed by atoms with van der Waals surface area (Å²) in [4.78, 5) is 4.30. The van der Waals surface area contributed by atoms with E-state index in [1.165, 1.54) is 0 Å². The van der Waals surface area contributed by atoms with Crippen LogP contribution in [-0.2, 0) is 4.74 Å². The number of nitrogens with two attached hydrogens (primary N) is 1. The van der Waals surface area contributed by atoms with E-state index in [1.54, 1.807) is 6.07 Å². The molecule has 0 radical (unpaired) electrons. The van der Waals surface area contributed by atoms with Gasteiger partial charge in [-0.2, -0.15) is 4.98 Å². The number of anilines is 1. The monoisotopic (exact) mass is 311 g/mol. The summed E-state index contributed by atoms with van der Waals surface area (Å²) in [5.74, 6) is 0.976. The quantitative estimate of drug-likeness (QED) is 0.878. The maximum absolute atomic E-state index is 5.81. The van der Waals surface area contributed by atoms with Crippen LogP contribution in [0.25, 0.3) is 11.5 Å². The van der Waals surface area contributed by atoms with Gasteiger partial charge >= 0.3 is 0 Å². The highest BCUT2D eigenvalue weighted by atomic mass is 79.9.